The summed E-state index contributed by atoms with van der Waals surface area (Å²) in [6.45, 7) is 0. The average Bonchev–Trinajstić information content (AvgIpc) is 3.91. The highest BCUT2D eigenvalue weighted by Gasteiger charge is 2.51. The van der Waals surface area contributed by atoms with E-state index in [1.165, 1.54) is 81.6 Å². The fourth-order valence-electron chi connectivity index (χ4n) is 11.4. The molecule has 1 aliphatic heterocycles. The number of hydrogen-bond donors (Lipinski definition) is 0. The van der Waals surface area contributed by atoms with Gasteiger partial charge in [-0.2, -0.15) is 0 Å². The van der Waals surface area contributed by atoms with Gasteiger partial charge in [0.15, 0.2) is 0 Å². The van der Waals surface area contributed by atoms with Gasteiger partial charge in [0.05, 0.1) is 16.8 Å². The highest BCUT2D eigenvalue weighted by molar-refractivity contribution is 7.25. The zero-order valence-corrected chi connectivity index (χ0v) is 37.8. The van der Waals surface area contributed by atoms with Crippen molar-refractivity contribution >= 4 is 65.6 Å². The van der Waals surface area contributed by atoms with Crippen molar-refractivity contribution < 1.29 is 0 Å². The second kappa shape index (κ2) is 16.2. The van der Waals surface area contributed by atoms with Crippen molar-refractivity contribution in [2.75, 3.05) is 9.80 Å². The molecule has 2 aliphatic rings. The van der Waals surface area contributed by atoms with Crippen LogP contribution in [-0.2, 0) is 11.8 Å². The van der Waals surface area contributed by atoms with Crippen LogP contribution in [0.15, 0.2) is 249 Å². The molecule has 0 saturated carbocycles. The Bertz CT molecular complexity index is 3510. The molecular formula is C64H46N2S. The van der Waals surface area contributed by atoms with Crippen LogP contribution in [0.5, 0.6) is 0 Å². The van der Waals surface area contributed by atoms with Gasteiger partial charge in [0, 0.05) is 48.8 Å². The van der Waals surface area contributed by atoms with Gasteiger partial charge in [-0.1, -0.05) is 176 Å². The van der Waals surface area contributed by atoms with Crippen LogP contribution in [0.4, 0.5) is 34.1 Å². The number of thiophene rings is 1. The number of para-hydroxylation sites is 4. The number of hydrogen-bond acceptors (Lipinski definition) is 3. The quantitative estimate of drug-likeness (QED) is 0.143. The molecule has 0 amide bonds. The maximum atomic E-state index is 2.54. The van der Waals surface area contributed by atoms with Crippen LogP contribution in [-0.4, -0.2) is 0 Å². The third-order valence-corrected chi connectivity index (χ3v) is 15.5. The molecule has 1 aromatic heterocycles. The van der Waals surface area contributed by atoms with E-state index in [0.717, 1.165) is 35.6 Å². The first kappa shape index (κ1) is 39.4. The zero-order valence-electron chi connectivity index (χ0n) is 37.0. The Labute approximate surface area is 396 Å². The Morgan fingerprint density at radius 2 is 0.955 bits per heavy atom. The molecule has 1 atom stereocenters. The monoisotopic (exact) mass is 874 g/mol. The first-order valence-electron chi connectivity index (χ1n) is 23.4. The summed E-state index contributed by atoms with van der Waals surface area (Å²) in [4.78, 5) is 4.88. The molecule has 1 aliphatic carbocycles. The Balaban J connectivity index is 0.991. The van der Waals surface area contributed by atoms with Crippen molar-refractivity contribution in [2.45, 2.75) is 24.2 Å². The SMILES string of the molecule is c1ccc(CCC(c2ccc3c(c2)N(c2ccccc2)c2ccccc2C32c3ccccc3-c3ccccc32)c2ccc3sc4cc(N(c5ccccc5)c5ccccc5)ccc4c3c2)cc1. The summed E-state index contributed by atoms with van der Waals surface area (Å²) in [7, 11) is 0. The van der Waals surface area contributed by atoms with Crippen molar-refractivity contribution in [1.82, 2.24) is 0 Å². The van der Waals surface area contributed by atoms with Crippen LogP contribution in [0.1, 0.15) is 51.3 Å². The molecule has 0 saturated heterocycles. The van der Waals surface area contributed by atoms with Crippen molar-refractivity contribution in [3.8, 4) is 11.1 Å². The van der Waals surface area contributed by atoms with E-state index in [1.807, 2.05) is 11.3 Å². The van der Waals surface area contributed by atoms with E-state index < -0.39 is 5.41 Å². The van der Waals surface area contributed by atoms with Gasteiger partial charge in [-0.05, 0) is 136 Å². The average molecular weight is 875 g/mol. The van der Waals surface area contributed by atoms with Gasteiger partial charge in [-0.25, -0.2) is 0 Å². The van der Waals surface area contributed by atoms with Gasteiger partial charge < -0.3 is 9.80 Å². The lowest BCUT2D eigenvalue weighted by atomic mass is 9.64. The molecule has 1 spiro atoms. The summed E-state index contributed by atoms with van der Waals surface area (Å²) in [6, 6.07) is 92.5. The molecule has 318 valence electrons. The summed E-state index contributed by atoms with van der Waals surface area (Å²) in [5, 5.41) is 2.61. The number of benzene rings is 10. The summed E-state index contributed by atoms with van der Waals surface area (Å²) in [6.07, 6.45) is 1.95. The van der Waals surface area contributed by atoms with E-state index in [4.69, 9.17) is 0 Å². The number of fused-ring (bicyclic) bond motifs is 12. The molecule has 2 nitrogen and oxygen atoms in total. The maximum absolute atomic E-state index is 2.54. The van der Waals surface area contributed by atoms with Crippen LogP contribution in [0, 0.1) is 0 Å². The van der Waals surface area contributed by atoms with Crippen molar-refractivity contribution in [2.24, 2.45) is 0 Å². The predicted molar refractivity (Wildman–Crippen MR) is 283 cm³/mol. The van der Waals surface area contributed by atoms with E-state index in [9.17, 15) is 0 Å². The van der Waals surface area contributed by atoms with Crippen LogP contribution in [0.2, 0.25) is 0 Å². The summed E-state index contributed by atoms with van der Waals surface area (Å²) < 4.78 is 2.59. The number of anilines is 6. The van der Waals surface area contributed by atoms with Gasteiger partial charge in [0.1, 0.15) is 0 Å². The fourth-order valence-corrected chi connectivity index (χ4v) is 12.5. The molecule has 0 radical (unpaired) electrons. The van der Waals surface area contributed by atoms with E-state index in [-0.39, 0.29) is 5.92 Å². The van der Waals surface area contributed by atoms with E-state index >= 15 is 0 Å². The minimum atomic E-state index is -0.480. The van der Waals surface area contributed by atoms with Crippen LogP contribution in [0.25, 0.3) is 31.3 Å². The Hall–Kier alpha value is -7.98. The van der Waals surface area contributed by atoms with Crippen LogP contribution in [0.3, 0.4) is 0 Å². The normalized spacial score (nSPS) is 13.5. The van der Waals surface area contributed by atoms with Crippen molar-refractivity contribution in [3.05, 3.63) is 288 Å². The standard InChI is InChI=1S/C64H46N2S/c1-5-19-44(20-6-1)33-37-51(45-35-40-62-55(41-45)54-38-36-50(43-63(54)67-62)65(47-21-7-2-8-22-47)48-23-9-3-10-24-48)46-34-39-59-61(42-46)66(49-25-11-4-12-26-49)60-32-18-17-31-58(60)64(59)56-29-15-13-27-52(56)53-28-14-16-30-57(53)64/h1-32,34-36,38-43,51H,33,37H2. The van der Waals surface area contributed by atoms with E-state index in [0.29, 0.717) is 0 Å². The topological polar surface area (TPSA) is 6.48 Å². The second-order valence-corrected chi connectivity index (χ2v) is 19.0. The molecule has 3 heteroatoms. The highest BCUT2D eigenvalue weighted by Crippen LogP contribution is 2.63. The van der Waals surface area contributed by atoms with E-state index in [1.54, 1.807) is 0 Å². The molecule has 2 heterocycles. The number of aryl methyl sites for hydroxylation is 1. The summed E-state index contributed by atoms with van der Waals surface area (Å²) >= 11 is 1.89. The Kier molecular flexibility index (Phi) is 9.50. The van der Waals surface area contributed by atoms with Gasteiger partial charge in [-0.3, -0.25) is 0 Å². The third-order valence-electron chi connectivity index (χ3n) is 14.3. The van der Waals surface area contributed by atoms with Crippen LogP contribution >= 0.6 is 11.3 Å². The maximum Gasteiger partial charge on any atom is 0.0754 e. The number of rotatable bonds is 9. The van der Waals surface area contributed by atoms with Gasteiger partial charge in [0.25, 0.3) is 0 Å². The molecule has 0 fully saturated rings. The van der Waals surface area contributed by atoms with Gasteiger partial charge >= 0.3 is 0 Å². The van der Waals surface area contributed by atoms with Crippen LogP contribution < -0.4 is 9.80 Å². The second-order valence-electron chi connectivity index (χ2n) is 17.9. The Morgan fingerprint density at radius 3 is 1.64 bits per heavy atom. The van der Waals surface area contributed by atoms with Crippen molar-refractivity contribution in [3.63, 3.8) is 0 Å². The molecule has 0 bridgehead atoms. The lowest BCUT2D eigenvalue weighted by Gasteiger charge is -2.45. The molecule has 0 N–H and O–H groups in total. The van der Waals surface area contributed by atoms with Crippen molar-refractivity contribution in [1.29, 1.82) is 0 Å². The lowest BCUT2D eigenvalue weighted by Crippen LogP contribution is -2.36. The summed E-state index contributed by atoms with van der Waals surface area (Å²) in [5.74, 6) is 0.143. The smallest absolute Gasteiger partial charge is 0.0754 e. The molecule has 10 aromatic carbocycles. The lowest BCUT2D eigenvalue weighted by molar-refractivity contribution is 0.710. The first-order chi connectivity index (χ1) is 33.2. The van der Waals surface area contributed by atoms with Gasteiger partial charge in [-0.15, -0.1) is 11.3 Å². The fraction of sp³-hybridized carbons (Fsp3) is 0.0625. The van der Waals surface area contributed by atoms with E-state index in [2.05, 4.69) is 259 Å². The largest absolute Gasteiger partial charge is 0.310 e. The molecular weight excluding hydrogens is 829 g/mol. The third kappa shape index (κ3) is 6.37. The molecule has 1 unspecified atom stereocenters. The zero-order chi connectivity index (χ0) is 44.3. The Morgan fingerprint density at radius 1 is 0.403 bits per heavy atom. The first-order valence-corrected chi connectivity index (χ1v) is 24.2. The minimum Gasteiger partial charge on any atom is -0.310 e. The minimum absolute atomic E-state index is 0.143. The van der Waals surface area contributed by atoms with Gasteiger partial charge in [0.2, 0.25) is 0 Å². The highest BCUT2D eigenvalue weighted by atomic mass is 32.1. The molecule has 13 rings (SSSR count). The molecule has 67 heavy (non-hydrogen) atoms. The summed E-state index contributed by atoms with van der Waals surface area (Å²) in [5.41, 5.74) is 18.5. The predicted octanol–water partition coefficient (Wildman–Crippen LogP) is 17.4. The number of nitrogens with zero attached hydrogens (tertiary/aromatic N) is 2. The molecule has 11 aromatic rings.